The fourth-order valence-corrected chi connectivity index (χ4v) is 1.33. The van der Waals surface area contributed by atoms with Crippen molar-refractivity contribution in [2.24, 2.45) is 0 Å². The van der Waals surface area contributed by atoms with Crippen molar-refractivity contribution in [3.05, 3.63) is 47.8 Å². The average Bonchev–Trinajstić information content (AvgIpc) is 2.62. The predicted octanol–water partition coefficient (Wildman–Crippen LogP) is 1.77. The van der Waals surface area contributed by atoms with E-state index in [4.69, 9.17) is 0 Å². The predicted molar refractivity (Wildman–Crippen MR) is 50.3 cm³/mol. The van der Waals surface area contributed by atoms with E-state index in [0.29, 0.717) is 6.54 Å². The Hall–Kier alpha value is -1.71. The van der Waals surface area contributed by atoms with E-state index in [1.807, 2.05) is 6.92 Å². The molecule has 0 aliphatic rings. The van der Waals surface area contributed by atoms with Crippen LogP contribution >= 0.6 is 0 Å². The van der Waals surface area contributed by atoms with Crippen LogP contribution in [0, 0.1) is 12.7 Å². The molecule has 0 saturated heterocycles. The number of aromatic nitrogens is 3. The molecule has 0 saturated carbocycles. The van der Waals surface area contributed by atoms with Gasteiger partial charge in [-0.3, -0.25) is 0 Å². The molecule has 0 atom stereocenters. The lowest BCUT2D eigenvalue weighted by atomic mass is 10.1. The summed E-state index contributed by atoms with van der Waals surface area (Å²) in [4.78, 5) is 3.84. The summed E-state index contributed by atoms with van der Waals surface area (Å²) in [5.74, 6) is -0.204. The van der Waals surface area contributed by atoms with Gasteiger partial charge in [-0.1, -0.05) is 6.07 Å². The van der Waals surface area contributed by atoms with Crippen LogP contribution < -0.4 is 0 Å². The van der Waals surface area contributed by atoms with Crippen molar-refractivity contribution in [3.63, 3.8) is 0 Å². The van der Waals surface area contributed by atoms with Crippen molar-refractivity contribution in [1.29, 1.82) is 0 Å². The second kappa shape index (κ2) is 3.57. The van der Waals surface area contributed by atoms with Crippen molar-refractivity contribution in [1.82, 2.24) is 14.8 Å². The third kappa shape index (κ3) is 1.79. The molecule has 14 heavy (non-hydrogen) atoms. The molecule has 0 bridgehead atoms. The summed E-state index contributed by atoms with van der Waals surface area (Å²) in [5.41, 5.74) is 1.98. The van der Waals surface area contributed by atoms with Gasteiger partial charge < -0.3 is 0 Å². The van der Waals surface area contributed by atoms with E-state index in [9.17, 15) is 4.39 Å². The molecule has 3 nitrogen and oxygen atoms in total. The van der Waals surface area contributed by atoms with Crippen LogP contribution in [0.5, 0.6) is 0 Å². The lowest BCUT2D eigenvalue weighted by molar-refractivity contribution is 0.622. The van der Waals surface area contributed by atoms with Crippen molar-refractivity contribution in [2.45, 2.75) is 13.5 Å². The van der Waals surface area contributed by atoms with Crippen LogP contribution in [-0.4, -0.2) is 14.8 Å². The molecule has 0 N–H and O–H groups in total. The number of benzene rings is 1. The molecule has 1 aromatic carbocycles. The number of halogens is 1. The number of hydrogen-bond donors (Lipinski definition) is 0. The molecule has 0 unspecified atom stereocenters. The molecule has 0 fully saturated rings. The third-order valence-electron chi connectivity index (χ3n) is 2.10. The topological polar surface area (TPSA) is 30.7 Å². The summed E-state index contributed by atoms with van der Waals surface area (Å²) in [6, 6.07) is 4.75. The summed E-state index contributed by atoms with van der Waals surface area (Å²) in [6.07, 6.45) is 3.13. The summed E-state index contributed by atoms with van der Waals surface area (Å²) in [7, 11) is 0. The zero-order valence-electron chi connectivity index (χ0n) is 7.81. The van der Waals surface area contributed by atoms with Gasteiger partial charge in [0.05, 0.1) is 6.54 Å². The third-order valence-corrected chi connectivity index (χ3v) is 2.10. The second-order valence-electron chi connectivity index (χ2n) is 3.16. The molecule has 0 amide bonds. The Morgan fingerprint density at radius 1 is 1.43 bits per heavy atom. The highest BCUT2D eigenvalue weighted by atomic mass is 19.1. The highest BCUT2D eigenvalue weighted by Gasteiger charge is 2.00. The molecule has 72 valence electrons. The van der Waals surface area contributed by atoms with E-state index >= 15 is 0 Å². The summed E-state index contributed by atoms with van der Waals surface area (Å²) >= 11 is 0. The van der Waals surface area contributed by atoms with Gasteiger partial charge in [-0.15, -0.1) is 0 Å². The zero-order chi connectivity index (χ0) is 9.97. The highest BCUT2D eigenvalue weighted by Crippen LogP contribution is 2.10. The summed E-state index contributed by atoms with van der Waals surface area (Å²) in [6.45, 7) is 2.52. The van der Waals surface area contributed by atoms with Crippen molar-refractivity contribution in [2.75, 3.05) is 0 Å². The van der Waals surface area contributed by atoms with Crippen LogP contribution in [0.25, 0.3) is 0 Å². The van der Waals surface area contributed by atoms with Gasteiger partial charge in [-0.25, -0.2) is 14.1 Å². The van der Waals surface area contributed by atoms with E-state index in [2.05, 4.69) is 10.1 Å². The monoisotopic (exact) mass is 191 g/mol. The van der Waals surface area contributed by atoms with Crippen LogP contribution in [-0.2, 0) is 6.54 Å². The van der Waals surface area contributed by atoms with Gasteiger partial charge in [0.1, 0.15) is 18.5 Å². The summed E-state index contributed by atoms with van der Waals surface area (Å²) < 4.78 is 14.5. The highest BCUT2D eigenvalue weighted by molar-refractivity contribution is 5.26. The first-order chi connectivity index (χ1) is 6.75. The maximum Gasteiger partial charge on any atom is 0.137 e. The van der Waals surface area contributed by atoms with E-state index in [1.165, 1.54) is 18.5 Å². The summed E-state index contributed by atoms with van der Waals surface area (Å²) in [5, 5.41) is 3.99. The Morgan fingerprint density at radius 2 is 2.29 bits per heavy atom. The molecule has 4 heteroatoms. The molecule has 0 spiro atoms. The Bertz CT molecular complexity index is 423. The molecular formula is C10H10FN3. The van der Waals surface area contributed by atoms with Gasteiger partial charge in [-0.2, -0.15) is 5.10 Å². The minimum Gasteiger partial charge on any atom is -0.249 e. The SMILES string of the molecule is Cc1cc(F)ccc1Cn1cncn1. The number of rotatable bonds is 2. The minimum absolute atomic E-state index is 0.204. The Labute approximate surface area is 81.2 Å². The van der Waals surface area contributed by atoms with Gasteiger partial charge in [0.15, 0.2) is 0 Å². The van der Waals surface area contributed by atoms with Crippen LogP contribution in [0.4, 0.5) is 4.39 Å². The molecule has 1 heterocycles. The Kier molecular flexibility index (Phi) is 2.26. The standard InChI is InChI=1S/C10H10FN3/c1-8-4-10(11)3-2-9(8)5-14-7-12-6-13-14/h2-4,6-7H,5H2,1H3. The van der Waals surface area contributed by atoms with Gasteiger partial charge in [-0.05, 0) is 30.2 Å². The van der Waals surface area contributed by atoms with Gasteiger partial charge in [0.2, 0.25) is 0 Å². The zero-order valence-corrected chi connectivity index (χ0v) is 7.81. The maximum absolute atomic E-state index is 12.8. The van der Waals surface area contributed by atoms with E-state index in [1.54, 1.807) is 17.1 Å². The number of hydrogen-bond acceptors (Lipinski definition) is 2. The number of aryl methyl sites for hydroxylation is 1. The Balaban J connectivity index is 2.25. The molecule has 0 aliphatic carbocycles. The van der Waals surface area contributed by atoms with E-state index in [-0.39, 0.29) is 5.82 Å². The molecule has 2 rings (SSSR count). The molecule has 2 aromatic rings. The fourth-order valence-electron chi connectivity index (χ4n) is 1.33. The van der Waals surface area contributed by atoms with E-state index < -0.39 is 0 Å². The Morgan fingerprint density at radius 3 is 2.93 bits per heavy atom. The minimum atomic E-state index is -0.204. The molecule has 1 aromatic heterocycles. The van der Waals surface area contributed by atoms with Crippen molar-refractivity contribution < 1.29 is 4.39 Å². The smallest absolute Gasteiger partial charge is 0.137 e. The molecule has 0 radical (unpaired) electrons. The number of nitrogens with zero attached hydrogens (tertiary/aromatic N) is 3. The molecular weight excluding hydrogens is 181 g/mol. The first-order valence-corrected chi connectivity index (χ1v) is 4.33. The van der Waals surface area contributed by atoms with Crippen LogP contribution in [0.1, 0.15) is 11.1 Å². The fraction of sp³-hybridized carbons (Fsp3) is 0.200. The van der Waals surface area contributed by atoms with Crippen LogP contribution in [0.2, 0.25) is 0 Å². The molecule has 0 aliphatic heterocycles. The van der Waals surface area contributed by atoms with Gasteiger partial charge in [0, 0.05) is 0 Å². The quantitative estimate of drug-likeness (QED) is 0.724. The normalized spacial score (nSPS) is 10.4. The van der Waals surface area contributed by atoms with Crippen molar-refractivity contribution in [3.8, 4) is 0 Å². The average molecular weight is 191 g/mol. The van der Waals surface area contributed by atoms with Crippen LogP contribution in [0.15, 0.2) is 30.9 Å². The second-order valence-corrected chi connectivity index (χ2v) is 3.16. The lowest BCUT2D eigenvalue weighted by Gasteiger charge is -2.04. The lowest BCUT2D eigenvalue weighted by Crippen LogP contribution is -2.01. The first-order valence-electron chi connectivity index (χ1n) is 4.33. The maximum atomic E-state index is 12.8. The van der Waals surface area contributed by atoms with E-state index in [0.717, 1.165) is 11.1 Å². The first kappa shape index (κ1) is 8.87. The van der Waals surface area contributed by atoms with Crippen molar-refractivity contribution >= 4 is 0 Å². The van der Waals surface area contributed by atoms with Gasteiger partial charge >= 0.3 is 0 Å². The van der Waals surface area contributed by atoms with Crippen LogP contribution in [0.3, 0.4) is 0 Å². The largest absolute Gasteiger partial charge is 0.249 e. The van der Waals surface area contributed by atoms with Gasteiger partial charge in [0.25, 0.3) is 0 Å².